The van der Waals surface area contributed by atoms with Crippen LogP contribution < -0.4 is 5.32 Å². The van der Waals surface area contributed by atoms with Gasteiger partial charge in [-0.3, -0.25) is 14.6 Å². The molecule has 0 spiro atoms. The van der Waals surface area contributed by atoms with Crippen LogP contribution in [-0.4, -0.2) is 66.2 Å². The molecule has 25 heavy (non-hydrogen) atoms. The monoisotopic (exact) mass is 345 g/mol. The van der Waals surface area contributed by atoms with Gasteiger partial charge in [0.05, 0.1) is 6.61 Å². The van der Waals surface area contributed by atoms with Gasteiger partial charge >= 0.3 is 0 Å². The standard InChI is InChI=1S/C20H31N3O2/c24-16-19-5-1-2-13-23(19)14-10-21-20(25)18-8-6-17(7-9-18)15-22-11-3-4-12-22/h6-9,19,24H,1-5,10-16H2,(H,21,25)/t19-/m0/s1. The topological polar surface area (TPSA) is 55.8 Å². The Bertz CT molecular complexity index is 540. The van der Waals surface area contributed by atoms with Crippen LogP contribution in [0.25, 0.3) is 0 Å². The summed E-state index contributed by atoms with van der Waals surface area (Å²) in [6.45, 7) is 6.04. The molecule has 0 bridgehead atoms. The highest BCUT2D eigenvalue weighted by molar-refractivity contribution is 5.94. The molecule has 2 aliphatic heterocycles. The van der Waals surface area contributed by atoms with Crippen LogP contribution in [0.5, 0.6) is 0 Å². The minimum atomic E-state index is -0.00900. The van der Waals surface area contributed by atoms with Crippen LogP contribution in [0.15, 0.2) is 24.3 Å². The summed E-state index contributed by atoms with van der Waals surface area (Å²) in [7, 11) is 0. The van der Waals surface area contributed by atoms with E-state index in [2.05, 4.69) is 27.2 Å². The van der Waals surface area contributed by atoms with Crippen LogP contribution in [-0.2, 0) is 6.54 Å². The van der Waals surface area contributed by atoms with Gasteiger partial charge in [-0.1, -0.05) is 18.6 Å². The highest BCUT2D eigenvalue weighted by Gasteiger charge is 2.21. The Morgan fingerprint density at radius 1 is 1.08 bits per heavy atom. The van der Waals surface area contributed by atoms with Crippen LogP contribution in [0, 0.1) is 0 Å². The Morgan fingerprint density at radius 3 is 2.52 bits per heavy atom. The van der Waals surface area contributed by atoms with Gasteiger partial charge in [-0.05, 0) is 63.0 Å². The second-order valence-corrected chi connectivity index (χ2v) is 7.30. The van der Waals surface area contributed by atoms with E-state index in [1.807, 2.05) is 12.1 Å². The number of hydrogen-bond acceptors (Lipinski definition) is 4. The number of carbonyl (C=O) groups excluding carboxylic acids is 1. The Balaban J connectivity index is 1.43. The summed E-state index contributed by atoms with van der Waals surface area (Å²) in [5.74, 6) is -0.00900. The molecular formula is C20H31N3O2. The number of benzene rings is 1. The average Bonchev–Trinajstić information content (AvgIpc) is 3.15. The van der Waals surface area contributed by atoms with E-state index in [1.54, 1.807) is 0 Å². The van der Waals surface area contributed by atoms with Crippen LogP contribution >= 0.6 is 0 Å². The largest absolute Gasteiger partial charge is 0.395 e. The molecule has 1 atom stereocenters. The lowest BCUT2D eigenvalue weighted by Crippen LogP contribution is -2.45. The minimum Gasteiger partial charge on any atom is -0.395 e. The zero-order valence-electron chi connectivity index (χ0n) is 15.1. The van der Waals surface area contributed by atoms with E-state index in [1.165, 1.54) is 44.3 Å². The van der Waals surface area contributed by atoms with Crippen LogP contribution in [0.4, 0.5) is 0 Å². The van der Waals surface area contributed by atoms with Crippen molar-refractivity contribution in [2.45, 2.75) is 44.7 Å². The molecule has 0 saturated carbocycles. The van der Waals surface area contributed by atoms with Crippen molar-refractivity contribution in [2.75, 3.05) is 39.3 Å². The molecule has 0 unspecified atom stereocenters. The predicted molar refractivity (Wildman–Crippen MR) is 99.6 cm³/mol. The van der Waals surface area contributed by atoms with Crippen molar-refractivity contribution in [3.8, 4) is 0 Å². The number of hydrogen-bond donors (Lipinski definition) is 2. The number of aliphatic hydroxyl groups is 1. The zero-order chi connectivity index (χ0) is 17.5. The Hall–Kier alpha value is -1.43. The molecule has 5 heteroatoms. The first-order chi connectivity index (χ1) is 12.3. The van der Waals surface area contributed by atoms with Crippen molar-refractivity contribution in [3.63, 3.8) is 0 Å². The first-order valence-electron chi connectivity index (χ1n) is 9.70. The van der Waals surface area contributed by atoms with Gasteiger partial charge in [0.15, 0.2) is 0 Å². The van der Waals surface area contributed by atoms with E-state index in [0.717, 1.165) is 31.6 Å². The van der Waals surface area contributed by atoms with Gasteiger partial charge in [0.2, 0.25) is 0 Å². The summed E-state index contributed by atoms with van der Waals surface area (Å²) in [6.07, 6.45) is 6.03. The van der Waals surface area contributed by atoms with Gasteiger partial charge in [-0.15, -0.1) is 0 Å². The summed E-state index contributed by atoms with van der Waals surface area (Å²) in [4.78, 5) is 17.1. The maximum atomic E-state index is 12.3. The first kappa shape index (κ1) is 18.4. The van der Waals surface area contributed by atoms with Crippen molar-refractivity contribution < 1.29 is 9.90 Å². The molecule has 0 radical (unpaired) electrons. The molecule has 0 aliphatic carbocycles. The summed E-state index contributed by atoms with van der Waals surface area (Å²) < 4.78 is 0. The number of aliphatic hydroxyl groups excluding tert-OH is 1. The Kier molecular flexibility index (Phi) is 6.84. The predicted octanol–water partition coefficient (Wildman–Crippen LogP) is 1.86. The molecule has 2 fully saturated rings. The molecule has 138 valence electrons. The lowest BCUT2D eigenvalue weighted by Gasteiger charge is -2.34. The van der Waals surface area contributed by atoms with E-state index < -0.39 is 0 Å². The molecule has 2 N–H and O–H groups in total. The van der Waals surface area contributed by atoms with Gasteiger partial charge in [0, 0.05) is 31.2 Å². The van der Waals surface area contributed by atoms with E-state index >= 15 is 0 Å². The molecule has 2 heterocycles. The summed E-state index contributed by atoms with van der Waals surface area (Å²) in [5.41, 5.74) is 2.00. The fourth-order valence-electron chi connectivity index (χ4n) is 3.94. The van der Waals surface area contributed by atoms with Crippen molar-refractivity contribution in [1.82, 2.24) is 15.1 Å². The third kappa shape index (κ3) is 5.27. The second-order valence-electron chi connectivity index (χ2n) is 7.30. The number of carbonyl (C=O) groups is 1. The number of likely N-dealkylation sites (tertiary alicyclic amines) is 2. The number of rotatable bonds is 7. The lowest BCUT2D eigenvalue weighted by molar-refractivity contribution is 0.0849. The highest BCUT2D eigenvalue weighted by atomic mass is 16.3. The van der Waals surface area contributed by atoms with Crippen molar-refractivity contribution in [3.05, 3.63) is 35.4 Å². The summed E-state index contributed by atoms with van der Waals surface area (Å²) in [5, 5.41) is 12.5. The lowest BCUT2D eigenvalue weighted by atomic mass is 10.0. The van der Waals surface area contributed by atoms with Gasteiger partial charge in [0.1, 0.15) is 0 Å². The van der Waals surface area contributed by atoms with Gasteiger partial charge in [0.25, 0.3) is 5.91 Å². The average molecular weight is 345 g/mol. The maximum Gasteiger partial charge on any atom is 0.251 e. The van der Waals surface area contributed by atoms with Crippen molar-refractivity contribution in [2.24, 2.45) is 0 Å². The fourth-order valence-corrected chi connectivity index (χ4v) is 3.94. The normalized spacial score (nSPS) is 22.2. The Morgan fingerprint density at radius 2 is 1.80 bits per heavy atom. The molecule has 2 aliphatic rings. The third-order valence-corrected chi connectivity index (χ3v) is 5.47. The SMILES string of the molecule is O=C(NCCN1CCCC[C@H]1CO)c1ccc(CN2CCCC2)cc1. The molecule has 1 aromatic carbocycles. The first-order valence-corrected chi connectivity index (χ1v) is 9.70. The maximum absolute atomic E-state index is 12.3. The molecule has 5 nitrogen and oxygen atoms in total. The fraction of sp³-hybridized carbons (Fsp3) is 0.650. The zero-order valence-corrected chi connectivity index (χ0v) is 15.1. The second kappa shape index (κ2) is 9.32. The van der Waals surface area contributed by atoms with Gasteiger partial charge in [-0.25, -0.2) is 0 Å². The van der Waals surface area contributed by atoms with E-state index in [-0.39, 0.29) is 18.6 Å². The number of piperidine rings is 1. The molecule has 0 aromatic heterocycles. The molecule has 1 aromatic rings. The summed E-state index contributed by atoms with van der Waals surface area (Å²) in [6, 6.07) is 8.26. The molecule has 3 rings (SSSR count). The number of nitrogens with one attached hydrogen (secondary N) is 1. The quantitative estimate of drug-likeness (QED) is 0.792. The van der Waals surface area contributed by atoms with Crippen molar-refractivity contribution >= 4 is 5.91 Å². The number of amides is 1. The van der Waals surface area contributed by atoms with Crippen molar-refractivity contribution in [1.29, 1.82) is 0 Å². The van der Waals surface area contributed by atoms with E-state index in [9.17, 15) is 9.90 Å². The van der Waals surface area contributed by atoms with Gasteiger partial charge < -0.3 is 10.4 Å². The van der Waals surface area contributed by atoms with E-state index in [0.29, 0.717) is 6.54 Å². The Labute approximate surface area is 151 Å². The molecule has 2 saturated heterocycles. The van der Waals surface area contributed by atoms with Crippen LogP contribution in [0.1, 0.15) is 48.0 Å². The smallest absolute Gasteiger partial charge is 0.251 e. The minimum absolute atomic E-state index is 0.00900. The van der Waals surface area contributed by atoms with E-state index in [4.69, 9.17) is 0 Å². The highest BCUT2D eigenvalue weighted by Crippen LogP contribution is 2.16. The third-order valence-electron chi connectivity index (χ3n) is 5.47. The van der Waals surface area contributed by atoms with Gasteiger partial charge in [-0.2, -0.15) is 0 Å². The summed E-state index contributed by atoms with van der Waals surface area (Å²) >= 11 is 0. The number of nitrogens with zero attached hydrogens (tertiary/aromatic N) is 2. The molecule has 1 amide bonds. The van der Waals surface area contributed by atoms with Crippen LogP contribution in [0.3, 0.4) is 0 Å². The molecular weight excluding hydrogens is 314 g/mol. The van der Waals surface area contributed by atoms with Crippen LogP contribution in [0.2, 0.25) is 0 Å².